The van der Waals surface area contributed by atoms with Crippen LogP contribution in [0.2, 0.25) is 0 Å². The molecule has 0 fully saturated rings. The van der Waals surface area contributed by atoms with Crippen molar-refractivity contribution in [2.45, 2.75) is 26.7 Å². The highest BCUT2D eigenvalue weighted by Crippen LogP contribution is 2.28. The molecule has 0 unspecified atom stereocenters. The predicted octanol–water partition coefficient (Wildman–Crippen LogP) is 3.68. The SMILES string of the molecule is CCCc1nn2c(C#N)c(-c3ccc(OCC)cc3)nc2s1. The lowest BCUT2D eigenvalue weighted by Crippen LogP contribution is -1.93. The van der Waals surface area contributed by atoms with E-state index in [4.69, 9.17) is 4.74 Å². The van der Waals surface area contributed by atoms with Gasteiger partial charge in [0.1, 0.15) is 22.5 Å². The molecule has 112 valence electrons. The fraction of sp³-hybridized carbons (Fsp3) is 0.312. The summed E-state index contributed by atoms with van der Waals surface area (Å²) in [5.41, 5.74) is 2.06. The van der Waals surface area contributed by atoms with E-state index in [1.807, 2.05) is 31.2 Å². The molecule has 0 aliphatic carbocycles. The molecule has 0 saturated carbocycles. The number of hydrogen-bond donors (Lipinski definition) is 0. The first-order valence-corrected chi connectivity index (χ1v) is 8.10. The van der Waals surface area contributed by atoms with Gasteiger partial charge in [0.2, 0.25) is 4.96 Å². The van der Waals surface area contributed by atoms with Crippen molar-refractivity contribution >= 4 is 16.3 Å². The first kappa shape index (κ1) is 14.5. The van der Waals surface area contributed by atoms with Crippen LogP contribution in [0.1, 0.15) is 31.0 Å². The summed E-state index contributed by atoms with van der Waals surface area (Å²) in [6.45, 7) is 4.69. The molecular formula is C16H16N4OS. The van der Waals surface area contributed by atoms with E-state index < -0.39 is 0 Å². The van der Waals surface area contributed by atoms with Gasteiger partial charge in [-0.1, -0.05) is 18.3 Å². The van der Waals surface area contributed by atoms with E-state index in [0.717, 1.165) is 34.1 Å². The number of aryl methyl sites for hydroxylation is 1. The molecule has 0 aliphatic heterocycles. The Morgan fingerprint density at radius 3 is 2.68 bits per heavy atom. The lowest BCUT2D eigenvalue weighted by atomic mass is 10.1. The van der Waals surface area contributed by atoms with Crippen LogP contribution in [-0.2, 0) is 6.42 Å². The van der Waals surface area contributed by atoms with Crippen LogP contribution in [0.4, 0.5) is 0 Å². The zero-order valence-corrected chi connectivity index (χ0v) is 13.4. The number of aromatic nitrogens is 3. The van der Waals surface area contributed by atoms with Crippen molar-refractivity contribution in [3.8, 4) is 23.1 Å². The van der Waals surface area contributed by atoms with Crippen molar-refractivity contribution in [1.82, 2.24) is 14.6 Å². The van der Waals surface area contributed by atoms with Crippen LogP contribution in [0, 0.1) is 11.3 Å². The Balaban J connectivity index is 2.03. The fourth-order valence-corrected chi connectivity index (χ4v) is 3.28. The van der Waals surface area contributed by atoms with Gasteiger partial charge in [-0.2, -0.15) is 14.9 Å². The third-order valence-corrected chi connectivity index (χ3v) is 4.22. The summed E-state index contributed by atoms with van der Waals surface area (Å²) in [6, 6.07) is 9.85. The molecule has 0 bridgehead atoms. The van der Waals surface area contributed by atoms with E-state index in [-0.39, 0.29) is 0 Å². The fourth-order valence-electron chi connectivity index (χ4n) is 2.28. The molecule has 0 amide bonds. The van der Waals surface area contributed by atoms with Gasteiger partial charge < -0.3 is 4.74 Å². The zero-order valence-electron chi connectivity index (χ0n) is 12.5. The van der Waals surface area contributed by atoms with E-state index >= 15 is 0 Å². The Morgan fingerprint density at radius 1 is 1.27 bits per heavy atom. The van der Waals surface area contributed by atoms with Crippen molar-refractivity contribution in [3.63, 3.8) is 0 Å². The average Bonchev–Trinajstić information content (AvgIpc) is 3.05. The molecule has 0 N–H and O–H groups in total. The van der Waals surface area contributed by atoms with Gasteiger partial charge in [0, 0.05) is 12.0 Å². The number of ether oxygens (including phenoxy) is 1. The second kappa shape index (κ2) is 6.16. The molecule has 0 atom stereocenters. The van der Waals surface area contributed by atoms with Gasteiger partial charge in [-0.15, -0.1) is 0 Å². The van der Waals surface area contributed by atoms with Crippen molar-refractivity contribution in [2.24, 2.45) is 0 Å². The highest BCUT2D eigenvalue weighted by Gasteiger charge is 2.17. The highest BCUT2D eigenvalue weighted by atomic mass is 32.1. The number of fused-ring (bicyclic) bond motifs is 1. The molecule has 1 aromatic carbocycles. The smallest absolute Gasteiger partial charge is 0.214 e. The molecule has 0 aliphatic rings. The Labute approximate surface area is 132 Å². The maximum absolute atomic E-state index is 9.47. The normalized spacial score (nSPS) is 10.8. The number of benzene rings is 1. The summed E-state index contributed by atoms with van der Waals surface area (Å²) < 4.78 is 7.09. The summed E-state index contributed by atoms with van der Waals surface area (Å²) >= 11 is 1.54. The summed E-state index contributed by atoms with van der Waals surface area (Å²) in [5.74, 6) is 0.814. The first-order chi connectivity index (χ1) is 10.8. The summed E-state index contributed by atoms with van der Waals surface area (Å²) in [5, 5.41) is 15.0. The van der Waals surface area contributed by atoms with Crippen LogP contribution in [0.3, 0.4) is 0 Å². The molecule has 22 heavy (non-hydrogen) atoms. The molecule has 2 aromatic heterocycles. The van der Waals surface area contributed by atoms with E-state index in [1.54, 1.807) is 15.9 Å². The topological polar surface area (TPSA) is 63.2 Å². The van der Waals surface area contributed by atoms with E-state index in [9.17, 15) is 5.26 Å². The molecule has 0 spiro atoms. The van der Waals surface area contributed by atoms with Gasteiger partial charge >= 0.3 is 0 Å². The van der Waals surface area contributed by atoms with Crippen LogP contribution in [-0.4, -0.2) is 21.2 Å². The minimum Gasteiger partial charge on any atom is -0.494 e. The highest BCUT2D eigenvalue weighted by molar-refractivity contribution is 7.16. The van der Waals surface area contributed by atoms with Crippen molar-refractivity contribution in [1.29, 1.82) is 5.26 Å². The lowest BCUT2D eigenvalue weighted by Gasteiger charge is -2.03. The predicted molar refractivity (Wildman–Crippen MR) is 86.2 cm³/mol. The standard InChI is InChI=1S/C16H16N4OS/c1-3-5-14-19-20-13(10-17)15(18-16(20)22-14)11-6-8-12(9-7-11)21-4-2/h6-9H,3-5H2,1-2H3. The average molecular weight is 312 g/mol. The van der Waals surface area contributed by atoms with Gasteiger partial charge in [-0.3, -0.25) is 0 Å². The third-order valence-electron chi connectivity index (χ3n) is 3.25. The Hall–Kier alpha value is -2.39. The maximum atomic E-state index is 9.47. The molecule has 3 aromatic rings. The Bertz CT molecular complexity index is 826. The van der Waals surface area contributed by atoms with Gasteiger partial charge in [-0.05, 0) is 37.6 Å². The number of imidazole rings is 1. The Morgan fingerprint density at radius 2 is 2.05 bits per heavy atom. The number of nitriles is 1. The molecule has 0 radical (unpaired) electrons. The third kappa shape index (κ3) is 2.55. The van der Waals surface area contributed by atoms with Gasteiger partial charge in [0.25, 0.3) is 0 Å². The molecule has 3 rings (SSSR count). The minimum atomic E-state index is 0.484. The second-order valence-electron chi connectivity index (χ2n) is 4.82. The second-order valence-corrected chi connectivity index (χ2v) is 5.86. The minimum absolute atomic E-state index is 0.484. The number of hydrogen-bond acceptors (Lipinski definition) is 5. The van der Waals surface area contributed by atoms with Gasteiger partial charge in [0.15, 0.2) is 5.69 Å². The molecule has 0 saturated heterocycles. The van der Waals surface area contributed by atoms with Crippen LogP contribution in [0.15, 0.2) is 24.3 Å². The molecular weight excluding hydrogens is 296 g/mol. The van der Waals surface area contributed by atoms with Crippen LogP contribution < -0.4 is 4.74 Å². The van der Waals surface area contributed by atoms with Crippen LogP contribution in [0.5, 0.6) is 5.75 Å². The summed E-state index contributed by atoms with van der Waals surface area (Å²) in [4.78, 5) is 5.36. The first-order valence-electron chi connectivity index (χ1n) is 7.28. The molecule has 6 heteroatoms. The van der Waals surface area contributed by atoms with E-state index in [2.05, 4.69) is 23.1 Å². The quantitative estimate of drug-likeness (QED) is 0.721. The van der Waals surface area contributed by atoms with Crippen molar-refractivity contribution in [2.75, 3.05) is 6.61 Å². The van der Waals surface area contributed by atoms with E-state index in [1.165, 1.54) is 0 Å². The largest absolute Gasteiger partial charge is 0.494 e. The Kier molecular flexibility index (Phi) is 4.07. The van der Waals surface area contributed by atoms with Crippen LogP contribution >= 0.6 is 11.3 Å². The molecule has 5 nitrogen and oxygen atoms in total. The molecule has 2 heterocycles. The van der Waals surface area contributed by atoms with Gasteiger partial charge in [-0.25, -0.2) is 4.98 Å². The van der Waals surface area contributed by atoms with Crippen molar-refractivity contribution < 1.29 is 4.74 Å². The maximum Gasteiger partial charge on any atom is 0.214 e. The summed E-state index contributed by atoms with van der Waals surface area (Å²) in [6.07, 6.45) is 1.95. The summed E-state index contributed by atoms with van der Waals surface area (Å²) in [7, 11) is 0. The number of nitrogens with zero attached hydrogens (tertiary/aromatic N) is 4. The zero-order chi connectivity index (χ0) is 15.5. The van der Waals surface area contributed by atoms with Gasteiger partial charge in [0.05, 0.1) is 6.61 Å². The van der Waals surface area contributed by atoms with Crippen molar-refractivity contribution in [3.05, 3.63) is 35.0 Å². The van der Waals surface area contributed by atoms with E-state index in [0.29, 0.717) is 18.0 Å². The number of rotatable bonds is 5. The van der Waals surface area contributed by atoms with Crippen LogP contribution in [0.25, 0.3) is 16.2 Å². The monoisotopic (exact) mass is 312 g/mol. The lowest BCUT2D eigenvalue weighted by molar-refractivity contribution is 0.340.